The van der Waals surface area contributed by atoms with E-state index in [1.54, 1.807) is 40.0 Å². The zero-order valence-corrected chi connectivity index (χ0v) is 13.9. The molecule has 0 radical (unpaired) electrons. The van der Waals surface area contributed by atoms with Gasteiger partial charge >= 0.3 is 21.1 Å². The van der Waals surface area contributed by atoms with Crippen molar-refractivity contribution in [3.8, 4) is 0 Å². The molecule has 0 aromatic carbocycles. The van der Waals surface area contributed by atoms with E-state index < -0.39 is 24.4 Å². The molecule has 0 fully saturated rings. The topological polar surface area (TPSA) is 66.3 Å². The molecule has 0 aromatic rings. The summed E-state index contributed by atoms with van der Waals surface area (Å²) in [5.41, 5.74) is 0. The van der Waals surface area contributed by atoms with Gasteiger partial charge < -0.3 is 14.7 Å². The fourth-order valence-corrected chi connectivity index (χ4v) is 0. The molecule has 0 bridgehead atoms. The molecule has 0 spiro atoms. The predicted molar refractivity (Wildman–Crippen MR) is 58.5 cm³/mol. The average molecular weight is 427 g/mol. The Kier molecular flexibility index (Phi) is 36.2. The maximum atomic E-state index is 9.59. The van der Waals surface area contributed by atoms with E-state index in [1.807, 2.05) is 0 Å². The zero-order valence-electron chi connectivity index (χ0n) is 8.92. The first-order chi connectivity index (χ1) is 5.20. The summed E-state index contributed by atoms with van der Waals surface area (Å²) in [6.07, 6.45) is 0. The molecule has 1 N–H and O–H groups in total. The maximum absolute atomic E-state index is 9.59. The third-order valence-electron chi connectivity index (χ3n) is 0. The third-order valence-corrected chi connectivity index (χ3v) is 0. The van der Waals surface area contributed by atoms with Gasteiger partial charge in [0.05, 0.1) is 0 Å². The summed E-state index contributed by atoms with van der Waals surface area (Å²) in [6, 6.07) is 0. The average Bonchev–Trinajstić information content (AvgIpc) is 1.54. The smallest absolute Gasteiger partial charge is 0.830 e. The Morgan fingerprint density at radius 3 is 0.769 bits per heavy atom. The van der Waals surface area contributed by atoms with Crippen molar-refractivity contribution >= 4 is 24.4 Å². The van der Waals surface area contributed by atoms with Gasteiger partial charge in [-0.1, -0.05) is 26.7 Å². The van der Waals surface area contributed by atoms with E-state index in [0.29, 0.717) is 0 Å². The Balaban J connectivity index is -0.0000000450. The Bertz CT molecular complexity index is 51.6. The van der Waals surface area contributed by atoms with Gasteiger partial charge in [-0.05, 0) is 13.3 Å². The van der Waals surface area contributed by atoms with Crippen LogP contribution in [0.5, 0.6) is 0 Å². The van der Waals surface area contributed by atoms with Crippen LogP contribution in [-0.4, -0.2) is 44.9 Å². The van der Waals surface area contributed by atoms with E-state index in [2.05, 4.69) is 0 Å². The summed E-state index contributed by atoms with van der Waals surface area (Å²) in [4.78, 5) is 27.3. The minimum absolute atomic E-state index is 0. The molecule has 7 heteroatoms. The van der Waals surface area contributed by atoms with E-state index in [-0.39, 0.29) is 21.1 Å². The monoisotopic (exact) mass is 427 g/mol. The summed E-state index contributed by atoms with van der Waals surface area (Å²) in [5, 5.41) is 0. The second-order valence-corrected chi connectivity index (χ2v) is 7.42. The van der Waals surface area contributed by atoms with Crippen molar-refractivity contribution in [2.45, 2.75) is 0 Å². The first-order valence-electron chi connectivity index (χ1n) is 3.25. The largest absolute Gasteiger partial charge is 2.00 e. The molecule has 3 nitrogen and oxygen atoms in total. The van der Waals surface area contributed by atoms with Gasteiger partial charge in [-0.2, -0.15) is 0 Å². The van der Waals surface area contributed by atoms with Gasteiger partial charge in [0, 0.05) is 8.15 Å². The van der Waals surface area contributed by atoms with Crippen molar-refractivity contribution in [1.29, 1.82) is 0 Å². The van der Waals surface area contributed by atoms with Gasteiger partial charge in [0.1, 0.15) is 0 Å². The van der Waals surface area contributed by atoms with Gasteiger partial charge in [0.15, 0.2) is 0 Å². The minimum atomic E-state index is -0.870. The van der Waals surface area contributed by atoms with Crippen LogP contribution < -0.4 is 9.79 Å². The normalized spacial score (nSPS) is 8.31. The molecule has 0 aliphatic rings. The molecule has 0 aromatic heterocycles. The van der Waals surface area contributed by atoms with Crippen LogP contribution in [0.15, 0.2) is 0 Å². The summed E-state index contributed by atoms with van der Waals surface area (Å²) in [6.45, 7) is 10.3. The molecule has 0 heterocycles. The van der Waals surface area contributed by atoms with Gasteiger partial charge in [-0.25, -0.2) is 16.3 Å². The van der Waals surface area contributed by atoms with E-state index in [1.165, 1.54) is 0 Å². The van der Waals surface area contributed by atoms with E-state index in [4.69, 9.17) is 4.89 Å². The van der Waals surface area contributed by atoms with Crippen LogP contribution >= 0.6 is 24.4 Å². The van der Waals surface area contributed by atoms with Crippen LogP contribution in [0.4, 0.5) is 0 Å². The maximum Gasteiger partial charge on any atom is 2.00 e. The molecule has 0 saturated carbocycles. The Hall–Kier alpha value is 1.86. The molecule has 0 saturated heterocycles. The van der Waals surface area contributed by atoms with Crippen LogP contribution in [0.1, 0.15) is 0 Å². The van der Waals surface area contributed by atoms with Crippen molar-refractivity contribution in [2.24, 2.45) is 0 Å². The quantitative estimate of drug-likeness (QED) is 0.578. The van der Waals surface area contributed by atoms with Gasteiger partial charge in [0.25, 0.3) is 0 Å². The third kappa shape index (κ3) is 564. The molecule has 0 rings (SSSR count). The summed E-state index contributed by atoms with van der Waals surface area (Å²) >= 11 is 0. The van der Waals surface area contributed by atoms with Crippen molar-refractivity contribution in [1.82, 2.24) is 0 Å². The fourth-order valence-electron chi connectivity index (χ4n) is 0. The molecule has 0 amide bonds. The van der Waals surface area contributed by atoms with E-state index in [0.717, 1.165) is 0 Å². The van der Waals surface area contributed by atoms with Crippen LogP contribution in [-0.2, 0) is 21.1 Å². The number of hydrogen-bond donors (Lipinski definition) is 1. The molecule has 0 unspecified atom stereocenters. The standard InChI is InChI=1S/C2H7OP.2C2H6OP.Pt/c3*1-4(2)3;/h3H,1-2H3;2*1-2H3;/q;2*-1;+2. The summed E-state index contributed by atoms with van der Waals surface area (Å²) in [5.74, 6) is 0. The minimum Gasteiger partial charge on any atom is -0.830 e. The van der Waals surface area contributed by atoms with Crippen LogP contribution in [0.3, 0.4) is 0 Å². The van der Waals surface area contributed by atoms with Gasteiger partial charge in [-0.3, -0.25) is 0 Å². The molecule has 0 atom stereocenters. The van der Waals surface area contributed by atoms with E-state index in [9.17, 15) is 9.79 Å². The van der Waals surface area contributed by atoms with Crippen molar-refractivity contribution in [3.05, 3.63) is 0 Å². The predicted octanol–water partition coefficient (Wildman–Crippen LogP) is 0.639. The van der Waals surface area contributed by atoms with Crippen molar-refractivity contribution in [2.75, 3.05) is 40.0 Å². The molecule has 13 heavy (non-hydrogen) atoms. The molecular weight excluding hydrogens is 408 g/mol. The second-order valence-electron chi connectivity index (χ2n) is 2.47. The SMILES string of the molecule is CP(C)O.CP(C)[O-].CP(C)[O-].[Pt+2]. The Morgan fingerprint density at radius 2 is 0.769 bits per heavy atom. The number of rotatable bonds is 0. The van der Waals surface area contributed by atoms with Gasteiger partial charge in [-0.15, -0.1) is 0 Å². The summed E-state index contributed by atoms with van der Waals surface area (Å²) < 4.78 is 0. The van der Waals surface area contributed by atoms with Crippen molar-refractivity contribution in [3.63, 3.8) is 0 Å². The Labute approximate surface area is 100 Å². The van der Waals surface area contributed by atoms with Crippen LogP contribution in [0.2, 0.25) is 0 Å². The first kappa shape index (κ1) is 24.2. The van der Waals surface area contributed by atoms with E-state index >= 15 is 0 Å². The second kappa shape index (κ2) is 19.4. The summed E-state index contributed by atoms with van der Waals surface area (Å²) in [7, 11) is -2.36. The molecule has 0 aliphatic carbocycles. The fraction of sp³-hybridized carbons (Fsp3) is 1.00. The van der Waals surface area contributed by atoms with Crippen LogP contribution in [0.25, 0.3) is 0 Å². The van der Waals surface area contributed by atoms with Crippen molar-refractivity contribution < 1.29 is 35.7 Å². The Morgan fingerprint density at radius 1 is 0.769 bits per heavy atom. The van der Waals surface area contributed by atoms with Gasteiger partial charge in [0.2, 0.25) is 0 Å². The molecule has 86 valence electrons. The molecule has 0 aliphatic heterocycles. The molecular formula is C6H19O3P3Pt. The first-order valence-corrected chi connectivity index (χ1v) is 9.75. The number of hydrogen-bond acceptors (Lipinski definition) is 3. The van der Waals surface area contributed by atoms with Crippen LogP contribution in [0, 0.1) is 0 Å². The zero-order chi connectivity index (χ0) is 10.7.